The van der Waals surface area contributed by atoms with Crippen molar-refractivity contribution in [3.63, 3.8) is 0 Å². The Balaban J connectivity index is 1.87. The third kappa shape index (κ3) is 0.975. The van der Waals surface area contributed by atoms with Gasteiger partial charge in [-0.05, 0) is 54.1 Å². The first-order valence-corrected chi connectivity index (χ1v) is 6.19. The molecule has 0 radical (unpaired) electrons. The lowest BCUT2D eigenvalue weighted by molar-refractivity contribution is 0.347. The molecule has 1 aromatic carbocycles. The lowest BCUT2D eigenvalue weighted by atomic mass is 9.70. The molecule has 0 amide bonds. The number of allylic oxidation sites excluding steroid dienone is 2. The van der Waals surface area contributed by atoms with Crippen LogP contribution in [0.1, 0.15) is 29.9 Å². The largest absolute Gasteiger partial charge is 0.0848 e. The van der Waals surface area contributed by atoms with E-state index in [9.17, 15) is 0 Å². The summed E-state index contributed by atoms with van der Waals surface area (Å²) >= 11 is 0. The van der Waals surface area contributed by atoms with Crippen LogP contribution in [0.2, 0.25) is 0 Å². The number of hydrogen-bond donors (Lipinski definition) is 0. The Morgan fingerprint density at radius 1 is 1.00 bits per heavy atom. The van der Waals surface area contributed by atoms with E-state index in [0.29, 0.717) is 0 Å². The van der Waals surface area contributed by atoms with Crippen LogP contribution in [0.5, 0.6) is 0 Å². The molecule has 0 aromatic heterocycles. The number of aryl methyl sites for hydroxylation is 1. The van der Waals surface area contributed by atoms with Gasteiger partial charge in [0.15, 0.2) is 0 Å². The van der Waals surface area contributed by atoms with Crippen LogP contribution in [0.25, 0.3) is 0 Å². The molecule has 1 aromatic rings. The van der Waals surface area contributed by atoms with Crippen LogP contribution in [0.4, 0.5) is 0 Å². The highest BCUT2D eigenvalue weighted by Crippen LogP contribution is 2.57. The molecule has 76 valence electrons. The number of rotatable bonds is 0. The Morgan fingerprint density at radius 2 is 1.87 bits per heavy atom. The predicted molar refractivity (Wildman–Crippen MR) is 61.7 cm³/mol. The van der Waals surface area contributed by atoms with Gasteiger partial charge in [0.05, 0.1) is 0 Å². The standard InChI is InChI=1S/C15H16/c1-2-4-13-10(3-1)7-8-14-11-5-6-12(9-11)15(13)14/h1-6,11-12,14-15H,7-9H2. The zero-order chi connectivity index (χ0) is 9.83. The van der Waals surface area contributed by atoms with Crippen LogP contribution < -0.4 is 0 Å². The quantitative estimate of drug-likeness (QED) is 0.557. The second kappa shape index (κ2) is 2.75. The molecule has 0 aliphatic heterocycles. The van der Waals surface area contributed by atoms with Crippen LogP contribution >= 0.6 is 0 Å². The summed E-state index contributed by atoms with van der Waals surface area (Å²) in [7, 11) is 0. The Bertz CT molecular complexity index is 429. The summed E-state index contributed by atoms with van der Waals surface area (Å²) in [6, 6.07) is 9.13. The van der Waals surface area contributed by atoms with Gasteiger partial charge >= 0.3 is 0 Å². The van der Waals surface area contributed by atoms with Crippen molar-refractivity contribution in [2.75, 3.05) is 0 Å². The van der Waals surface area contributed by atoms with Gasteiger partial charge < -0.3 is 0 Å². The normalized spacial score (nSPS) is 40.3. The Labute approximate surface area is 91.0 Å². The topological polar surface area (TPSA) is 0 Å². The maximum Gasteiger partial charge on any atom is -0.00620 e. The minimum Gasteiger partial charge on any atom is -0.0848 e. The lowest BCUT2D eigenvalue weighted by Gasteiger charge is -2.34. The molecule has 0 nitrogen and oxygen atoms in total. The minimum absolute atomic E-state index is 0.862. The zero-order valence-corrected chi connectivity index (χ0v) is 8.89. The van der Waals surface area contributed by atoms with Crippen LogP contribution in [0, 0.1) is 17.8 Å². The molecule has 0 N–H and O–H groups in total. The molecular weight excluding hydrogens is 180 g/mol. The van der Waals surface area contributed by atoms with E-state index in [1.807, 2.05) is 0 Å². The summed E-state index contributed by atoms with van der Waals surface area (Å²) < 4.78 is 0. The van der Waals surface area contributed by atoms with E-state index in [0.717, 1.165) is 23.7 Å². The molecule has 0 heterocycles. The van der Waals surface area contributed by atoms with Gasteiger partial charge in [0, 0.05) is 0 Å². The Hall–Kier alpha value is -1.04. The van der Waals surface area contributed by atoms with Crippen molar-refractivity contribution < 1.29 is 0 Å². The van der Waals surface area contributed by atoms with Crippen molar-refractivity contribution in [1.29, 1.82) is 0 Å². The number of fused-ring (bicyclic) bond motifs is 7. The lowest BCUT2D eigenvalue weighted by Crippen LogP contribution is -2.23. The molecule has 0 heteroatoms. The van der Waals surface area contributed by atoms with Crippen molar-refractivity contribution >= 4 is 0 Å². The summed E-state index contributed by atoms with van der Waals surface area (Å²) in [4.78, 5) is 0. The molecule has 4 atom stereocenters. The average molecular weight is 196 g/mol. The summed E-state index contributed by atoms with van der Waals surface area (Å²) in [5, 5.41) is 0. The van der Waals surface area contributed by atoms with Gasteiger partial charge in [-0.1, -0.05) is 36.4 Å². The van der Waals surface area contributed by atoms with Gasteiger partial charge in [0.25, 0.3) is 0 Å². The van der Waals surface area contributed by atoms with Crippen molar-refractivity contribution in [1.82, 2.24) is 0 Å². The summed E-state index contributed by atoms with van der Waals surface area (Å²) in [6.45, 7) is 0. The fraction of sp³-hybridized carbons (Fsp3) is 0.467. The first-order chi connectivity index (χ1) is 7.43. The van der Waals surface area contributed by atoms with Crippen LogP contribution in [0.15, 0.2) is 36.4 Å². The van der Waals surface area contributed by atoms with Crippen LogP contribution in [-0.4, -0.2) is 0 Å². The van der Waals surface area contributed by atoms with Crippen molar-refractivity contribution in [2.45, 2.75) is 25.2 Å². The maximum absolute atomic E-state index is 2.49. The van der Waals surface area contributed by atoms with E-state index in [1.54, 1.807) is 11.1 Å². The molecule has 1 saturated carbocycles. The third-order valence-electron chi connectivity index (χ3n) is 4.78. The maximum atomic E-state index is 2.49. The van der Waals surface area contributed by atoms with Crippen molar-refractivity contribution in [3.8, 4) is 0 Å². The molecule has 1 fully saturated rings. The van der Waals surface area contributed by atoms with Gasteiger partial charge in [-0.2, -0.15) is 0 Å². The second-order valence-corrected chi connectivity index (χ2v) is 5.38. The molecule has 0 saturated heterocycles. The molecule has 2 bridgehead atoms. The van der Waals surface area contributed by atoms with Crippen molar-refractivity contribution in [2.24, 2.45) is 17.8 Å². The molecule has 15 heavy (non-hydrogen) atoms. The Morgan fingerprint density at radius 3 is 2.87 bits per heavy atom. The molecule has 0 spiro atoms. The van der Waals surface area contributed by atoms with Gasteiger partial charge in [-0.25, -0.2) is 0 Å². The van der Waals surface area contributed by atoms with E-state index in [1.165, 1.54) is 19.3 Å². The fourth-order valence-electron chi connectivity index (χ4n) is 4.19. The SMILES string of the molecule is C1=CC2CC1C1CCc3ccccc3C21. The molecular formula is C15H16. The van der Waals surface area contributed by atoms with Crippen LogP contribution in [-0.2, 0) is 6.42 Å². The van der Waals surface area contributed by atoms with E-state index in [4.69, 9.17) is 0 Å². The monoisotopic (exact) mass is 196 g/mol. The highest BCUT2D eigenvalue weighted by atomic mass is 14.5. The van der Waals surface area contributed by atoms with Gasteiger partial charge in [0.1, 0.15) is 0 Å². The molecule has 4 unspecified atom stereocenters. The first-order valence-electron chi connectivity index (χ1n) is 6.19. The van der Waals surface area contributed by atoms with Gasteiger partial charge in [0.2, 0.25) is 0 Å². The number of benzene rings is 1. The Kier molecular flexibility index (Phi) is 1.49. The van der Waals surface area contributed by atoms with Crippen molar-refractivity contribution in [3.05, 3.63) is 47.5 Å². The minimum atomic E-state index is 0.862. The van der Waals surface area contributed by atoms with Gasteiger partial charge in [-0.3, -0.25) is 0 Å². The summed E-state index contributed by atoms with van der Waals surface area (Å²) in [6.07, 6.45) is 9.14. The zero-order valence-electron chi connectivity index (χ0n) is 8.89. The summed E-state index contributed by atoms with van der Waals surface area (Å²) in [5.74, 6) is 3.61. The third-order valence-corrected chi connectivity index (χ3v) is 4.78. The molecule has 3 aliphatic carbocycles. The van der Waals surface area contributed by atoms with Crippen LogP contribution in [0.3, 0.4) is 0 Å². The summed E-state index contributed by atoms with van der Waals surface area (Å²) in [5.41, 5.74) is 3.30. The molecule has 4 rings (SSSR count). The van der Waals surface area contributed by atoms with E-state index in [2.05, 4.69) is 36.4 Å². The molecule has 3 aliphatic rings. The predicted octanol–water partition coefficient (Wildman–Crippen LogP) is 3.54. The second-order valence-electron chi connectivity index (χ2n) is 5.38. The van der Waals surface area contributed by atoms with E-state index in [-0.39, 0.29) is 0 Å². The van der Waals surface area contributed by atoms with E-state index >= 15 is 0 Å². The highest BCUT2D eigenvalue weighted by Gasteiger charge is 2.46. The first kappa shape index (κ1) is 8.15. The smallest absolute Gasteiger partial charge is 0.00620 e. The highest BCUT2D eigenvalue weighted by molar-refractivity contribution is 5.38. The fourth-order valence-corrected chi connectivity index (χ4v) is 4.19. The van der Waals surface area contributed by atoms with E-state index < -0.39 is 0 Å². The number of hydrogen-bond acceptors (Lipinski definition) is 0. The van der Waals surface area contributed by atoms with Gasteiger partial charge in [-0.15, -0.1) is 0 Å². The average Bonchev–Trinajstić information content (AvgIpc) is 2.89.